The summed E-state index contributed by atoms with van der Waals surface area (Å²) in [6.07, 6.45) is 0. The number of fused-ring (bicyclic) bond motifs is 2. The summed E-state index contributed by atoms with van der Waals surface area (Å²) in [7, 11) is 0. The molecule has 8 rings (SSSR count). The maximum absolute atomic E-state index is 15.0. The van der Waals surface area contributed by atoms with Gasteiger partial charge >= 0.3 is 0 Å². The molecule has 0 radical (unpaired) electrons. The summed E-state index contributed by atoms with van der Waals surface area (Å²) in [5.41, 5.74) is 4.90. The Bertz CT molecular complexity index is 2580. The number of hydrogen-bond donors (Lipinski definition) is 4. The normalized spacial score (nSPS) is 14.4. The van der Waals surface area contributed by atoms with E-state index >= 15 is 4.79 Å². The number of imidazole rings is 1. The minimum atomic E-state index is -1.54. The van der Waals surface area contributed by atoms with E-state index < -0.39 is 21.5 Å². The number of aromatic nitrogens is 2. The monoisotopic (exact) mass is 716 g/mol. The number of benzene rings is 6. The van der Waals surface area contributed by atoms with Gasteiger partial charge in [-0.2, -0.15) is 0 Å². The molecule has 1 atom stereocenters. The van der Waals surface area contributed by atoms with Crippen molar-refractivity contribution in [1.29, 1.82) is 0 Å². The SMILES string of the molecule is O=C(Nc1ccccc1)c1ccc2c(c1)NC(c1ccc([N+](=O)[O-])cc1)(N(C(=O)c1ccc3nc(-c4ccc([N+](=O)[O-])cc4)[nH]c3c1)c1ccccc1)N2. The minimum Gasteiger partial charge on any atom is -0.340 e. The Hall–Kier alpha value is -7.87. The molecule has 0 fully saturated rings. The van der Waals surface area contributed by atoms with Crippen molar-refractivity contribution in [3.8, 4) is 11.4 Å². The summed E-state index contributed by atoms with van der Waals surface area (Å²) in [5, 5.41) is 32.7. The van der Waals surface area contributed by atoms with Crippen molar-refractivity contribution >= 4 is 57.0 Å². The third-order valence-corrected chi connectivity index (χ3v) is 9.07. The fraction of sp³-hybridized carbons (Fsp3) is 0.0250. The highest BCUT2D eigenvalue weighted by Crippen LogP contribution is 2.45. The zero-order chi connectivity index (χ0) is 37.4. The molecule has 0 saturated heterocycles. The van der Waals surface area contributed by atoms with Crippen LogP contribution in [-0.2, 0) is 5.79 Å². The van der Waals surface area contributed by atoms with E-state index in [-0.39, 0.29) is 22.8 Å². The first kappa shape index (κ1) is 33.3. The van der Waals surface area contributed by atoms with Crippen molar-refractivity contribution in [2.24, 2.45) is 0 Å². The van der Waals surface area contributed by atoms with Gasteiger partial charge in [-0.15, -0.1) is 0 Å². The Morgan fingerprint density at radius 3 is 1.94 bits per heavy atom. The number of nitrogens with zero attached hydrogens (tertiary/aromatic N) is 4. The fourth-order valence-electron chi connectivity index (χ4n) is 6.44. The van der Waals surface area contributed by atoms with Gasteiger partial charge in [0.2, 0.25) is 5.79 Å². The predicted octanol–water partition coefficient (Wildman–Crippen LogP) is 8.29. The quantitative estimate of drug-likeness (QED) is 0.0841. The van der Waals surface area contributed by atoms with Crippen LogP contribution in [0.15, 0.2) is 146 Å². The van der Waals surface area contributed by atoms with Gasteiger partial charge in [0.1, 0.15) is 5.82 Å². The van der Waals surface area contributed by atoms with E-state index in [1.807, 2.05) is 24.3 Å². The molecule has 6 aromatic carbocycles. The highest BCUT2D eigenvalue weighted by molar-refractivity contribution is 6.10. The van der Waals surface area contributed by atoms with Crippen molar-refractivity contribution in [3.05, 3.63) is 183 Å². The minimum absolute atomic E-state index is 0.0475. The second kappa shape index (κ2) is 13.4. The molecule has 1 aliphatic rings. The summed E-state index contributed by atoms with van der Waals surface area (Å²) < 4.78 is 0. The number of aromatic amines is 1. The van der Waals surface area contributed by atoms with Crippen LogP contribution in [0, 0.1) is 20.2 Å². The van der Waals surface area contributed by atoms with E-state index in [0.29, 0.717) is 56.3 Å². The first-order valence-electron chi connectivity index (χ1n) is 16.6. The van der Waals surface area contributed by atoms with Crippen LogP contribution in [0.1, 0.15) is 26.3 Å². The van der Waals surface area contributed by atoms with Crippen LogP contribution in [0.2, 0.25) is 0 Å². The van der Waals surface area contributed by atoms with Crippen LogP contribution < -0.4 is 20.9 Å². The largest absolute Gasteiger partial charge is 0.340 e. The number of non-ortho nitro benzene ring substituents is 2. The van der Waals surface area contributed by atoms with Gasteiger partial charge in [-0.1, -0.05) is 36.4 Å². The number of nitro benzene ring substituents is 2. The number of carbonyl (C=O) groups excluding carboxylic acids is 2. The molecular weight excluding hydrogens is 688 g/mol. The molecule has 7 aromatic rings. The van der Waals surface area contributed by atoms with Gasteiger partial charge in [0, 0.05) is 57.9 Å². The molecule has 1 unspecified atom stereocenters. The van der Waals surface area contributed by atoms with Crippen molar-refractivity contribution in [1.82, 2.24) is 9.97 Å². The smallest absolute Gasteiger partial charge is 0.269 e. The number of nitro groups is 2. The maximum Gasteiger partial charge on any atom is 0.269 e. The van der Waals surface area contributed by atoms with E-state index in [1.165, 1.54) is 29.2 Å². The van der Waals surface area contributed by atoms with Gasteiger partial charge in [0.25, 0.3) is 23.2 Å². The molecule has 54 heavy (non-hydrogen) atoms. The highest BCUT2D eigenvalue weighted by Gasteiger charge is 2.47. The summed E-state index contributed by atoms with van der Waals surface area (Å²) in [6.45, 7) is 0. The average Bonchev–Trinajstić information content (AvgIpc) is 3.81. The topological polar surface area (TPSA) is 188 Å². The zero-order valence-corrected chi connectivity index (χ0v) is 28.1. The summed E-state index contributed by atoms with van der Waals surface area (Å²) in [5.74, 6) is -1.86. The number of hydrogen-bond acceptors (Lipinski definition) is 9. The average molecular weight is 717 g/mol. The molecule has 0 spiro atoms. The standard InChI is InChI=1S/C40H28N8O6/c49-38(41-29-7-3-1-4-8-29)26-13-22-34-36(23-26)45-40(44-34,28-15-19-32(20-16-28)48(53)54)46(30-9-5-2-6-10-30)39(50)27-14-21-33-35(24-27)43-37(42-33)25-11-17-31(18-12-25)47(51)52/h1-24,44-45H,(H,41,49)(H,42,43). The highest BCUT2D eigenvalue weighted by atomic mass is 16.6. The first-order chi connectivity index (χ1) is 26.2. The second-order valence-corrected chi connectivity index (χ2v) is 12.4. The van der Waals surface area contributed by atoms with Crippen molar-refractivity contribution < 1.29 is 19.4 Å². The van der Waals surface area contributed by atoms with Crippen LogP contribution in [0.4, 0.5) is 34.1 Å². The van der Waals surface area contributed by atoms with Crippen molar-refractivity contribution in [2.45, 2.75) is 5.79 Å². The number of nitrogens with one attached hydrogen (secondary N) is 4. The van der Waals surface area contributed by atoms with Crippen molar-refractivity contribution in [3.63, 3.8) is 0 Å². The van der Waals surface area contributed by atoms with Gasteiger partial charge < -0.3 is 20.9 Å². The van der Waals surface area contributed by atoms with Crippen LogP contribution in [-0.4, -0.2) is 31.6 Å². The second-order valence-electron chi connectivity index (χ2n) is 12.4. The number of rotatable bonds is 9. The Morgan fingerprint density at radius 2 is 1.28 bits per heavy atom. The van der Waals surface area contributed by atoms with Gasteiger partial charge in [-0.25, -0.2) is 4.98 Å². The fourth-order valence-corrected chi connectivity index (χ4v) is 6.44. The van der Waals surface area contributed by atoms with Crippen LogP contribution in [0.3, 0.4) is 0 Å². The Labute approximate surface area is 306 Å². The third-order valence-electron chi connectivity index (χ3n) is 9.07. The number of H-pyrrole nitrogens is 1. The lowest BCUT2D eigenvalue weighted by Crippen LogP contribution is -2.57. The zero-order valence-electron chi connectivity index (χ0n) is 28.1. The lowest BCUT2D eigenvalue weighted by atomic mass is 10.0. The number of carbonyl (C=O) groups is 2. The maximum atomic E-state index is 15.0. The molecule has 264 valence electrons. The molecular formula is C40H28N8O6. The molecule has 0 saturated carbocycles. The van der Waals surface area contributed by atoms with E-state index in [0.717, 1.165) is 0 Å². The molecule has 2 amide bonds. The number of anilines is 4. The lowest BCUT2D eigenvalue weighted by molar-refractivity contribution is -0.385. The number of para-hydroxylation sites is 2. The molecule has 1 aliphatic heterocycles. The van der Waals surface area contributed by atoms with Crippen LogP contribution in [0.5, 0.6) is 0 Å². The molecule has 0 aliphatic carbocycles. The molecule has 4 N–H and O–H groups in total. The molecule has 0 bridgehead atoms. The predicted molar refractivity (Wildman–Crippen MR) is 204 cm³/mol. The van der Waals surface area contributed by atoms with E-state index in [9.17, 15) is 25.0 Å². The molecule has 14 nitrogen and oxygen atoms in total. The lowest BCUT2D eigenvalue weighted by Gasteiger charge is -2.42. The van der Waals surface area contributed by atoms with E-state index in [4.69, 9.17) is 0 Å². The van der Waals surface area contributed by atoms with E-state index in [1.54, 1.807) is 97.1 Å². The Balaban J connectivity index is 1.21. The first-order valence-corrected chi connectivity index (χ1v) is 16.6. The molecule has 1 aromatic heterocycles. The molecule has 2 heterocycles. The summed E-state index contributed by atoms with van der Waals surface area (Å²) in [4.78, 5) is 59.6. The summed E-state index contributed by atoms with van der Waals surface area (Å²) in [6, 6.07) is 40.0. The number of amides is 2. The Morgan fingerprint density at radius 1 is 0.667 bits per heavy atom. The van der Waals surface area contributed by atoms with Gasteiger partial charge in [0.05, 0.1) is 32.3 Å². The van der Waals surface area contributed by atoms with Gasteiger partial charge in [0.15, 0.2) is 0 Å². The molecule has 14 heteroatoms. The van der Waals surface area contributed by atoms with Crippen LogP contribution >= 0.6 is 0 Å². The van der Waals surface area contributed by atoms with Crippen molar-refractivity contribution in [2.75, 3.05) is 20.9 Å². The third kappa shape index (κ3) is 6.09. The van der Waals surface area contributed by atoms with E-state index in [2.05, 4.69) is 25.9 Å². The summed E-state index contributed by atoms with van der Waals surface area (Å²) >= 11 is 0. The Kier molecular flexibility index (Phi) is 8.23. The van der Waals surface area contributed by atoms with Crippen LogP contribution in [0.25, 0.3) is 22.4 Å². The van der Waals surface area contributed by atoms with Gasteiger partial charge in [-0.3, -0.25) is 34.7 Å². The van der Waals surface area contributed by atoms with Gasteiger partial charge in [-0.05, 0) is 84.9 Å².